The number of nitriles is 1. The number of rotatable bonds is 7. The van der Waals surface area contributed by atoms with Gasteiger partial charge in [0.05, 0.1) is 29.3 Å². The normalized spacial score (nSPS) is 11.0. The Morgan fingerprint density at radius 3 is 2.29 bits per heavy atom. The summed E-state index contributed by atoms with van der Waals surface area (Å²) in [6, 6.07) is 18.9. The summed E-state index contributed by atoms with van der Waals surface area (Å²) in [5, 5.41) is 19.4. The first-order valence-electron chi connectivity index (χ1n) is 9.11. The third-order valence-corrected chi connectivity index (χ3v) is 4.96. The highest BCUT2D eigenvalue weighted by atomic mass is 35.5. The Bertz CT molecular complexity index is 1160. The Labute approximate surface area is 189 Å². The largest absolute Gasteiger partial charge is 0.493 e. The van der Waals surface area contributed by atoms with E-state index >= 15 is 0 Å². The van der Waals surface area contributed by atoms with Crippen molar-refractivity contribution in [2.24, 2.45) is 0 Å². The molecule has 3 rings (SSSR count). The van der Waals surface area contributed by atoms with Crippen LogP contribution >= 0.6 is 23.2 Å². The maximum Gasteiger partial charge on any atom is 0.335 e. The van der Waals surface area contributed by atoms with E-state index in [0.717, 1.165) is 11.1 Å². The van der Waals surface area contributed by atoms with Crippen LogP contribution < -0.4 is 9.47 Å². The quantitative estimate of drug-likeness (QED) is 0.333. The van der Waals surface area contributed by atoms with E-state index < -0.39 is 5.97 Å². The summed E-state index contributed by atoms with van der Waals surface area (Å²) in [7, 11) is 1.50. The van der Waals surface area contributed by atoms with Gasteiger partial charge in [-0.05, 0) is 59.2 Å². The summed E-state index contributed by atoms with van der Waals surface area (Å²) in [4.78, 5) is 11.0. The Hall–Kier alpha value is -3.46. The molecule has 0 atom stereocenters. The van der Waals surface area contributed by atoms with Gasteiger partial charge in [-0.25, -0.2) is 4.79 Å². The SMILES string of the molecule is COc1cc(C=C(C#N)c2ccc(Cl)cc2)cc(Cl)c1OCc1ccc(C(=O)O)cc1. The molecule has 0 unspecified atom stereocenters. The average molecular weight is 454 g/mol. The zero-order valence-electron chi connectivity index (χ0n) is 16.4. The lowest BCUT2D eigenvalue weighted by Crippen LogP contribution is -2.00. The lowest BCUT2D eigenvalue weighted by Gasteiger charge is -2.14. The van der Waals surface area contributed by atoms with Gasteiger partial charge in [0.25, 0.3) is 0 Å². The number of hydrogen-bond acceptors (Lipinski definition) is 4. The van der Waals surface area contributed by atoms with Crippen molar-refractivity contribution >= 4 is 40.8 Å². The van der Waals surface area contributed by atoms with Crippen LogP contribution in [-0.2, 0) is 6.61 Å². The van der Waals surface area contributed by atoms with Crippen molar-refractivity contribution in [3.8, 4) is 17.6 Å². The smallest absolute Gasteiger partial charge is 0.335 e. The summed E-state index contributed by atoms with van der Waals surface area (Å²) in [5.41, 5.74) is 2.83. The zero-order chi connectivity index (χ0) is 22.4. The van der Waals surface area contributed by atoms with Crippen molar-refractivity contribution in [1.29, 1.82) is 5.26 Å². The number of ether oxygens (including phenoxy) is 2. The van der Waals surface area contributed by atoms with E-state index in [-0.39, 0.29) is 12.2 Å². The van der Waals surface area contributed by atoms with Crippen LogP contribution in [-0.4, -0.2) is 18.2 Å². The first kappa shape index (κ1) is 22.2. The molecule has 0 heterocycles. The van der Waals surface area contributed by atoms with Crippen LogP contribution in [0.2, 0.25) is 10.0 Å². The van der Waals surface area contributed by atoms with E-state index in [9.17, 15) is 10.1 Å². The molecule has 31 heavy (non-hydrogen) atoms. The molecule has 5 nitrogen and oxygen atoms in total. The number of hydrogen-bond donors (Lipinski definition) is 1. The lowest BCUT2D eigenvalue weighted by atomic mass is 10.0. The van der Waals surface area contributed by atoms with Gasteiger partial charge in [0.15, 0.2) is 11.5 Å². The van der Waals surface area contributed by atoms with Gasteiger partial charge in [-0.1, -0.05) is 47.5 Å². The molecule has 0 aliphatic heterocycles. The summed E-state index contributed by atoms with van der Waals surface area (Å²) in [6.45, 7) is 0.180. The van der Waals surface area contributed by atoms with E-state index in [0.29, 0.717) is 32.7 Å². The van der Waals surface area contributed by atoms with Crippen LogP contribution in [0.3, 0.4) is 0 Å². The molecule has 0 saturated carbocycles. The molecule has 1 N–H and O–H groups in total. The first-order valence-corrected chi connectivity index (χ1v) is 9.87. The summed E-state index contributed by atoms with van der Waals surface area (Å²) < 4.78 is 11.3. The van der Waals surface area contributed by atoms with Gasteiger partial charge in [0.1, 0.15) is 6.61 Å². The second kappa shape index (κ2) is 10.0. The second-order valence-electron chi connectivity index (χ2n) is 6.50. The van der Waals surface area contributed by atoms with Crippen LogP contribution in [0.1, 0.15) is 27.0 Å². The molecule has 0 amide bonds. The van der Waals surface area contributed by atoms with Crippen LogP contribution in [0.4, 0.5) is 0 Å². The fourth-order valence-corrected chi connectivity index (χ4v) is 3.24. The minimum Gasteiger partial charge on any atom is -0.493 e. The molecule has 0 saturated heterocycles. The molecule has 0 fully saturated rings. The molecular weight excluding hydrogens is 437 g/mol. The van der Waals surface area contributed by atoms with Crippen LogP contribution in [0.15, 0.2) is 60.7 Å². The maximum atomic E-state index is 11.0. The number of methoxy groups -OCH3 is 1. The van der Waals surface area contributed by atoms with Gasteiger partial charge in [-0.2, -0.15) is 5.26 Å². The Balaban J connectivity index is 1.84. The van der Waals surface area contributed by atoms with Crippen molar-refractivity contribution < 1.29 is 19.4 Å². The van der Waals surface area contributed by atoms with Crippen LogP contribution in [0.5, 0.6) is 11.5 Å². The van der Waals surface area contributed by atoms with E-state index in [4.69, 9.17) is 37.8 Å². The topological polar surface area (TPSA) is 79.5 Å². The predicted molar refractivity (Wildman–Crippen MR) is 121 cm³/mol. The maximum absolute atomic E-state index is 11.0. The third kappa shape index (κ3) is 5.58. The molecule has 7 heteroatoms. The highest BCUT2D eigenvalue weighted by molar-refractivity contribution is 6.32. The van der Waals surface area contributed by atoms with Crippen molar-refractivity contribution in [2.75, 3.05) is 7.11 Å². The van der Waals surface area contributed by atoms with E-state index in [1.54, 1.807) is 54.6 Å². The molecule has 0 aliphatic rings. The minimum absolute atomic E-state index is 0.180. The molecule has 0 bridgehead atoms. The van der Waals surface area contributed by atoms with E-state index in [1.165, 1.54) is 19.2 Å². The number of aromatic carboxylic acids is 1. The summed E-state index contributed by atoms with van der Waals surface area (Å²) in [6.07, 6.45) is 1.70. The number of carboxylic acids is 1. The van der Waals surface area contributed by atoms with Crippen LogP contribution in [0.25, 0.3) is 11.6 Å². The fourth-order valence-electron chi connectivity index (χ4n) is 2.84. The first-order chi connectivity index (χ1) is 14.9. The number of halogens is 2. The molecule has 156 valence electrons. The molecule has 3 aromatic carbocycles. The zero-order valence-corrected chi connectivity index (χ0v) is 17.9. The Morgan fingerprint density at radius 2 is 1.71 bits per heavy atom. The third-order valence-electron chi connectivity index (χ3n) is 4.42. The monoisotopic (exact) mass is 453 g/mol. The van der Waals surface area contributed by atoms with Gasteiger partial charge >= 0.3 is 5.97 Å². The number of allylic oxidation sites excluding steroid dienone is 1. The van der Waals surface area contributed by atoms with E-state index in [2.05, 4.69) is 6.07 Å². The minimum atomic E-state index is -0.990. The molecular formula is C24H17Cl2NO4. The van der Waals surface area contributed by atoms with Crippen molar-refractivity contribution in [2.45, 2.75) is 6.61 Å². The number of carboxylic acid groups (broad SMARTS) is 1. The summed E-state index contributed by atoms with van der Waals surface area (Å²) in [5.74, 6) is -0.223. The number of carbonyl (C=O) groups is 1. The molecule has 0 radical (unpaired) electrons. The average Bonchev–Trinajstić information content (AvgIpc) is 2.77. The lowest BCUT2D eigenvalue weighted by molar-refractivity contribution is 0.0697. The highest BCUT2D eigenvalue weighted by Gasteiger charge is 2.13. The van der Waals surface area contributed by atoms with Gasteiger partial charge < -0.3 is 14.6 Å². The Morgan fingerprint density at radius 1 is 1.06 bits per heavy atom. The molecule has 0 aliphatic carbocycles. The van der Waals surface area contributed by atoms with Crippen molar-refractivity contribution in [1.82, 2.24) is 0 Å². The van der Waals surface area contributed by atoms with Gasteiger partial charge in [0, 0.05) is 5.02 Å². The van der Waals surface area contributed by atoms with Crippen molar-refractivity contribution in [3.05, 3.63) is 93.0 Å². The van der Waals surface area contributed by atoms with E-state index in [1.807, 2.05) is 0 Å². The fraction of sp³-hybridized carbons (Fsp3) is 0.0833. The highest BCUT2D eigenvalue weighted by Crippen LogP contribution is 2.38. The molecule has 0 spiro atoms. The second-order valence-corrected chi connectivity index (χ2v) is 7.35. The standard InChI is InChI=1S/C24H17Cl2NO4/c1-30-22-12-16(10-19(13-27)17-6-8-20(25)9-7-17)11-21(26)23(22)31-14-15-2-4-18(5-3-15)24(28)29/h2-12H,14H2,1H3,(H,28,29). The van der Waals surface area contributed by atoms with Gasteiger partial charge in [0.2, 0.25) is 0 Å². The van der Waals surface area contributed by atoms with Gasteiger partial charge in [-0.15, -0.1) is 0 Å². The molecule has 3 aromatic rings. The van der Waals surface area contributed by atoms with Crippen LogP contribution in [0, 0.1) is 11.3 Å². The predicted octanol–water partition coefficient (Wildman–Crippen LogP) is 6.34. The Kier molecular flexibility index (Phi) is 7.19. The number of benzene rings is 3. The molecule has 0 aromatic heterocycles. The van der Waals surface area contributed by atoms with Crippen molar-refractivity contribution in [3.63, 3.8) is 0 Å². The number of nitrogens with zero attached hydrogens (tertiary/aromatic N) is 1. The summed E-state index contributed by atoms with van der Waals surface area (Å²) >= 11 is 12.3. The van der Waals surface area contributed by atoms with Gasteiger partial charge in [-0.3, -0.25) is 0 Å².